The third-order valence-electron chi connectivity index (χ3n) is 6.05. The van der Waals surface area contributed by atoms with E-state index in [0.717, 1.165) is 63.3 Å². The second-order valence-electron chi connectivity index (χ2n) is 7.97. The van der Waals surface area contributed by atoms with E-state index >= 15 is 0 Å². The van der Waals surface area contributed by atoms with Crippen molar-refractivity contribution in [3.8, 4) is 5.75 Å². The normalized spacial score (nSPS) is 20.8. The molecule has 7 nitrogen and oxygen atoms in total. The predicted molar refractivity (Wildman–Crippen MR) is 108 cm³/mol. The van der Waals surface area contributed by atoms with Crippen LogP contribution in [-0.2, 0) is 4.79 Å². The number of likely N-dealkylation sites (tertiary alicyclic amines) is 1. The van der Waals surface area contributed by atoms with Crippen molar-refractivity contribution in [2.45, 2.75) is 31.7 Å². The average molecular weight is 386 g/mol. The number of piperidine rings is 1. The molecule has 0 radical (unpaired) electrons. The fourth-order valence-corrected chi connectivity index (χ4v) is 4.14. The predicted octanol–water partition coefficient (Wildman–Crippen LogP) is 1.93. The Kier molecular flexibility index (Phi) is 5.59. The number of para-hydroxylation sites is 2. The second-order valence-corrected chi connectivity index (χ2v) is 7.97. The van der Waals surface area contributed by atoms with Gasteiger partial charge in [-0.25, -0.2) is 4.79 Å². The topological polar surface area (TPSA) is 65.1 Å². The molecule has 1 saturated carbocycles. The van der Waals surface area contributed by atoms with Crippen molar-refractivity contribution in [2.75, 3.05) is 51.3 Å². The summed E-state index contributed by atoms with van der Waals surface area (Å²) >= 11 is 0. The smallest absolute Gasteiger partial charge is 0.317 e. The quantitative estimate of drug-likeness (QED) is 0.859. The molecule has 0 atom stereocenters. The van der Waals surface area contributed by atoms with Gasteiger partial charge in [-0.1, -0.05) is 12.1 Å². The molecule has 3 aliphatic rings. The molecule has 152 valence electrons. The van der Waals surface area contributed by atoms with Gasteiger partial charge in [0.15, 0.2) is 0 Å². The van der Waals surface area contributed by atoms with Gasteiger partial charge in [-0.2, -0.15) is 0 Å². The molecule has 0 unspecified atom stereocenters. The monoisotopic (exact) mass is 386 g/mol. The Hall–Kier alpha value is -2.44. The number of anilines is 1. The molecule has 3 fully saturated rings. The molecule has 0 aromatic heterocycles. The van der Waals surface area contributed by atoms with Crippen molar-refractivity contribution in [3.05, 3.63) is 24.3 Å². The van der Waals surface area contributed by atoms with Crippen LogP contribution in [0.15, 0.2) is 24.3 Å². The van der Waals surface area contributed by atoms with Crippen molar-refractivity contribution in [2.24, 2.45) is 5.92 Å². The Morgan fingerprint density at radius 2 is 1.61 bits per heavy atom. The highest BCUT2D eigenvalue weighted by molar-refractivity contribution is 5.80. The van der Waals surface area contributed by atoms with Crippen LogP contribution in [0.3, 0.4) is 0 Å². The summed E-state index contributed by atoms with van der Waals surface area (Å²) in [6.07, 6.45) is 3.73. The van der Waals surface area contributed by atoms with E-state index < -0.39 is 0 Å². The molecule has 0 bridgehead atoms. The van der Waals surface area contributed by atoms with Crippen LogP contribution in [0.5, 0.6) is 5.75 Å². The van der Waals surface area contributed by atoms with E-state index in [4.69, 9.17) is 4.74 Å². The van der Waals surface area contributed by atoms with E-state index in [0.29, 0.717) is 19.1 Å². The van der Waals surface area contributed by atoms with Gasteiger partial charge in [-0.3, -0.25) is 4.79 Å². The number of amides is 3. The highest BCUT2D eigenvalue weighted by atomic mass is 16.5. The third kappa shape index (κ3) is 4.18. The van der Waals surface area contributed by atoms with Crippen LogP contribution >= 0.6 is 0 Å². The van der Waals surface area contributed by atoms with Gasteiger partial charge in [0, 0.05) is 51.2 Å². The Bertz CT molecular complexity index is 705. The molecule has 0 spiro atoms. The summed E-state index contributed by atoms with van der Waals surface area (Å²) < 4.78 is 5.47. The molecule has 2 aliphatic heterocycles. The minimum absolute atomic E-state index is 0.0406. The Morgan fingerprint density at radius 3 is 2.25 bits per heavy atom. The van der Waals surface area contributed by atoms with Crippen molar-refractivity contribution in [1.82, 2.24) is 15.1 Å². The van der Waals surface area contributed by atoms with Crippen LogP contribution < -0.4 is 15.0 Å². The number of carbonyl (C=O) groups excluding carboxylic acids is 2. The molecule has 1 aliphatic carbocycles. The summed E-state index contributed by atoms with van der Waals surface area (Å²) in [6.45, 7) is 4.45. The maximum absolute atomic E-state index is 12.9. The van der Waals surface area contributed by atoms with Crippen LogP contribution in [0.25, 0.3) is 0 Å². The maximum Gasteiger partial charge on any atom is 0.317 e. The lowest BCUT2D eigenvalue weighted by atomic mass is 9.95. The summed E-state index contributed by atoms with van der Waals surface area (Å²) in [5.74, 6) is 1.17. The highest BCUT2D eigenvalue weighted by Gasteiger charge is 2.33. The zero-order valence-electron chi connectivity index (χ0n) is 16.6. The fourth-order valence-electron chi connectivity index (χ4n) is 4.14. The fraction of sp³-hybridized carbons (Fsp3) is 0.619. The minimum atomic E-state index is 0.0406. The van der Waals surface area contributed by atoms with E-state index in [1.165, 1.54) is 0 Å². The number of rotatable bonds is 4. The number of carbonyl (C=O) groups is 2. The van der Waals surface area contributed by atoms with Gasteiger partial charge in [-0.05, 0) is 37.8 Å². The second kappa shape index (κ2) is 8.29. The van der Waals surface area contributed by atoms with Crippen molar-refractivity contribution < 1.29 is 14.3 Å². The van der Waals surface area contributed by atoms with Crippen LogP contribution in [0, 0.1) is 5.92 Å². The lowest BCUT2D eigenvalue weighted by molar-refractivity contribution is -0.137. The van der Waals surface area contributed by atoms with Crippen molar-refractivity contribution >= 4 is 17.6 Å². The van der Waals surface area contributed by atoms with Crippen molar-refractivity contribution in [3.63, 3.8) is 0 Å². The van der Waals surface area contributed by atoms with Crippen LogP contribution in [-0.4, -0.2) is 74.2 Å². The molecule has 28 heavy (non-hydrogen) atoms. The third-order valence-corrected chi connectivity index (χ3v) is 6.05. The van der Waals surface area contributed by atoms with E-state index in [9.17, 15) is 9.59 Å². The van der Waals surface area contributed by atoms with Gasteiger partial charge >= 0.3 is 6.03 Å². The number of nitrogens with zero attached hydrogens (tertiary/aromatic N) is 3. The van der Waals surface area contributed by atoms with Crippen molar-refractivity contribution in [1.29, 1.82) is 0 Å². The van der Waals surface area contributed by atoms with Gasteiger partial charge in [0.1, 0.15) is 5.75 Å². The van der Waals surface area contributed by atoms with Gasteiger partial charge in [0.2, 0.25) is 5.91 Å². The molecule has 1 N–H and O–H groups in total. The molecular weight excluding hydrogens is 356 g/mol. The first kappa shape index (κ1) is 18.9. The number of urea groups is 1. The van der Waals surface area contributed by atoms with E-state index in [-0.39, 0.29) is 17.9 Å². The highest BCUT2D eigenvalue weighted by Crippen LogP contribution is 2.29. The first-order chi connectivity index (χ1) is 13.7. The number of methoxy groups -OCH3 is 1. The molecular formula is C21H30N4O3. The molecule has 4 rings (SSSR count). The standard InChI is InChI=1S/C21H30N4O3/c1-28-19-5-3-2-4-18(19)23-12-14-24(15-13-23)20(26)16-8-10-25(11-9-16)21(27)22-17-6-7-17/h2-5,16-17H,6-15H2,1H3,(H,22,27). The Balaban J connectivity index is 1.26. The summed E-state index contributed by atoms with van der Waals surface area (Å²) in [7, 11) is 1.69. The van der Waals surface area contributed by atoms with E-state index in [1.54, 1.807) is 7.11 Å². The maximum atomic E-state index is 12.9. The summed E-state index contributed by atoms with van der Waals surface area (Å²) in [6, 6.07) is 8.45. The van der Waals surface area contributed by atoms with Crippen LogP contribution in [0.1, 0.15) is 25.7 Å². The Labute approximate surface area is 166 Å². The first-order valence-electron chi connectivity index (χ1n) is 10.4. The molecule has 2 saturated heterocycles. The zero-order valence-corrected chi connectivity index (χ0v) is 16.6. The number of hydrogen-bond acceptors (Lipinski definition) is 4. The molecule has 1 aromatic rings. The first-order valence-corrected chi connectivity index (χ1v) is 10.4. The number of piperazine rings is 1. The van der Waals surface area contributed by atoms with Gasteiger partial charge in [-0.15, -0.1) is 0 Å². The van der Waals surface area contributed by atoms with E-state index in [1.807, 2.05) is 28.0 Å². The van der Waals surface area contributed by atoms with E-state index in [2.05, 4.69) is 16.3 Å². The lowest BCUT2D eigenvalue weighted by Crippen LogP contribution is -2.52. The average Bonchev–Trinajstić information content (AvgIpc) is 3.57. The van der Waals surface area contributed by atoms with Gasteiger partial charge in [0.25, 0.3) is 0 Å². The van der Waals surface area contributed by atoms with Gasteiger partial charge in [0.05, 0.1) is 12.8 Å². The minimum Gasteiger partial charge on any atom is -0.495 e. The van der Waals surface area contributed by atoms with Crippen LogP contribution in [0.2, 0.25) is 0 Å². The summed E-state index contributed by atoms with van der Waals surface area (Å²) in [5.41, 5.74) is 1.09. The molecule has 7 heteroatoms. The zero-order chi connectivity index (χ0) is 19.5. The summed E-state index contributed by atoms with van der Waals surface area (Å²) in [5, 5.41) is 3.04. The molecule has 1 aromatic carbocycles. The summed E-state index contributed by atoms with van der Waals surface area (Å²) in [4.78, 5) is 31.2. The molecule has 2 heterocycles. The Morgan fingerprint density at radius 1 is 0.929 bits per heavy atom. The number of hydrogen-bond donors (Lipinski definition) is 1. The largest absolute Gasteiger partial charge is 0.495 e. The number of benzene rings is 1. The van der Waals surface area contributed by atoms with Gasteiger partial charge < -0.3 is 24.8 Å². The number of nitrogens with one attached hydrogen (secondary N) is 1. The number of ether oxygens (including phenoxy) is 1. The van der Waals surface area contributed by atoms with Crippen LogP contribution in [0.4, 0.5) is 10.5 Å². The lowest BCUT2D eigenvalue weighted by Gasteiger charge is -2.39. The molecule has 3 amide bonds. The SMILES string of the molecule is COc1ccccc1N1CCN(C(=O)C2CCN(C(=O)NC3CC3)CC2)CC1.